The highest BCUT2D eigenvalue weighted by Gasteiger charge is 2.43. The summed E-state index contributed by atoms with van der Waals surface area (Å²) in [6.07, 6.45) is 7.40. The van der Waals surface area contributed by atoms with Crippen LogP contribution < -0.4 is 0 Å². The molecule has 4 heteroatoms. The number of fused-ring (bicyclic) bond motifs is 2. The van der Waals surface area contributed by atoms with Crippen LogP contribution in [0, 0.1) is 16.5 Å². The average Bonchev–Trinajstić information content (AvgIpc) is 3.33. The monoisotopic (exact) mass is 430 g/mol. The summed E-state index contributed by atoms with van der Waals surface area (Å²) in [5.74, 6) is 0.756. The second-order valence-corrected chi connectivity index (χ2v) is 10.1. The molecule has 1 aliphatic heterocycles. The fourth-order valence-corrected chi connectivity index (χ4v) is 6.48. The molecule has 1 saturated heterocycles. The van der Waals surface area contributed by atoms with Crippen molar-refractivity contribution in [3.8, 4) is 0 Å². The lowest BCUT2D eigenvalue weighted by molar-refractivity contribution is -0.0218. The Morgan fingerprint density at radius 3 is 2.41 bits per heavy atom. The Hall–Kier alpha value is -2.30. The molecule has 3 aliphatic rings. The van der Waals surface area contributed by atoms with Gasteiger partial charge in [0.1, 0.15) is 0 Å². The normalized spacial score (nSPS) is 21.2. The first-order chi connectivity index (χ1) is 15.5. The summed E-state index contributed by atoms with van der Waals surface area (Å²) in [5, 5.41) is 12.9. The molecule has 2 aromatic carbocycles. The third-order valence-corrected chi connectivity index (χ3v) is 8.46. The van der Waals surface area contributed by atoms with Crippen molar-refractivity contribution in [2.45, 2.75) is 64.7 Å². The maximum absolute atomic E-state index is 13.7. The molecule has 0 amide bonds. The van der Waals surface area contributed by atoms with Crippen LogP contribution >= 0.6 is 0 Å². The van der Waals surface area contributed by atoms with Crippen molar-refractivity contribution in [1.82, 2.24) is 5.06 Å². The first kappa shape index (κ1) is 21.5. The zero-order chi connectivity index (χ0) is 22.5. The number of benzene rings is 2. The number of carbonyl (C=O) groups excluding carboxylic acids is 2. The van der Waals surface area contributed by atoms with Gasteiger partial charge in [-0.3, -0.25) is 9.59 Å². The predicted octanol–water partition coefficient (Wildman–Crippen LogP) is 5.90. The Morgan fingerprint density at radius 2 is 1.75 bits per heavy atom. The SMILES string of the molecule is CCC(Cc1ccc2c(c1)C(=O)c1c(cccc1C1CCCC1)C2=O)C1(CC)CN([O-])C1. The molecule has 0 N–H and O–H groups in total. The van der Waals surface area contributed by atoms with E-state index in [1.54, 1.807) is 0 Å². The molecule has 0 aromatic heterocycles. The molecule has 2 fully saturated rings. The van der Waals surface area contributed by atoms with E-state index in [9.17, 15) is 14.8 Å². The van der Waals surface area contributed by atoms with E-state index in [4.69, 9.17) is 0 Å². The number of hydrogen-bond donors (Lipinski definition) is 0. The predicted molar refractivity (Wildman–Crippen MR) is 126 cm³/mol. The molecular weight excluding hydrogens is 398 g/mol. The van der Waals surface area contributed by atoms with Gasteiger partial charge in [0.25, 0.3) is 0 Å². The zero-order valence-corrected chi connectivity index (χ0v) is 19.2. The molecule has 4 nitrogen and oxygen atoms in total. The van der Waals surface area contributed by atoms with Crippen LogP contribution in [0.5, 0.6) is 0 Å². The van der Waals surface area contributed by atoms with Gasteiger partial charge in [-0.1, -0.05) is 63.4 Å². The highest BCUT2D eigenvalue weighted by Crippen LogP contribution is 2.44. The molecule has 0 bridgehead atoms. The van der Waals surface area contributed by atoms with E-state index in [2.05, 4.69) is 19.9 Å². The van der Waals surface area contributed by atoms with E-state index in [0.717, 1.165) is 48.3 Å². The maximum Gasteiger partial charge on any atom is 0.194 e. The molecule has 0 radical (unpaired) electrons. The minimum Gasteiger partial charge on any atom is -0.785 e. The number of hydrogen-bond acceptors (Lipinski definition) is 4. The van der Waals surface area contributed by atoms with Crippen molar-refractivity contribution in [3.63, 3.8) is 0 Å². The van der Waals surface area contributed by atoms with Gasteiger partial charge in [0.2, 0.25) is 0 Å². The molecule has 0 spiro atoms. The highest BCUT2D eigenvalue weighted by molar-refractivity contribution is 6.29. The van der Waals surface area contributed by atoms with Crippen LogP contribution in [-0.4, -0.2) is 29.7 Å². The van der Waals surface area contributed by atoms with Gasteiger partial charge in [0.05, 0.1) is 0 Å². The van der Waals surface area contributed by atoms with Gasteiger partial charge < -0.3 is 10.3 Å². The van der Waals surface area contributed by atoms with Crippen molar-refractivity contribution < 1.29 is 9.59 Å². The summed E-state index contributed by atoms with van der Waals surface area (Å²) in [5.41, 5.74) is 4.53. The van der Waals surface area contributed by atoms with Crippen LogP contribution in [-0.2, 0) is 6.42 Å². The number of rotatable bonds is 6. The second-order valence-electron chi connectivity index (χ2n) is 10.1. The van der Waals surface area contributed by atoms with Gasteiger partial charge in [-0.05, 0) is 73.2 Å². The Labute approximate surface area is 190 Å². The lowest BCUT2D eigenvalue weighted by Crippen LogP contribution is -2.57. The largest absolute Gasteiger partial charge is 0.785 e. The number of carbonyl (C=O) groups is 2. The minimum absolute atomic E-state index is 0.00609. The summed E-state index contributed by atoms with van der Waals surface area (Å²) in [6.45, 7) is 5.56. The van der Waals surface area contributed by atoms with E-state index >= 15 is 0 Å². The lowest BCUT2D eigenvalue weighted by atomic mass is 9.65. The van der Waals surface area contributed by atoms with Crippen LogP contribution in [0.1, 0.15) is 101 Å². The van der Waals surface area contributed by atoms with Gasteiger partial charge in [0, 0.05) is 22.3 Å². The van der Waals surface area contributed by atoms with E-state index in [0.29, 0.717) is 47.2 Å². The summed E-state index contributed by atoms with van der Waals surface area (Å²) in [7, 11) is 0. The third kappa shape index (κ3) is 3.36. The molecule has 1 heterocycles. The molecule has 32 heavy (non-hydrogen) atoms. The van der Waals surface area contributed by atoms with Crippen molar-refractivity contribution in [2.75, 3.05) is 13.1 Å². The van der Waals surface area contributed by atoms with Crippen molar-refractivity contribution in [1.29, 1.82) is 0 Å². The van der Waals surface area contributed by atoms with E-state index in [-0.39, 0.29) is 17.0 Å². The molecule has 2 aromatic rings. The Bertz CT molecular complexity index is 1060. The average molecular weight is 431 g/mol. The van der Waals surface area contributed by atoms with E-state index in [1.807, 2.05) is 30.3 Å². The highest BCUT2D eigenvalue weighted by atomic mass is 16.5. The second kappa shape index (κ2) is 8.24. The fraction of sp³-hybridized carbons (Fsp3) is 0.500. The number of hydroxylamine groups is 2. The molecular formula is C28H32NO3-. The van der Waals surface area contributed by atoms with Crippen LogP contribution in [0.25, 0.3) is 0 Å². The van der Waals surface area contributed by atoms with Crippen LogP contribution in [0.15, 0.2) is 36.4 Å². The quantitative estimate of drug-likeness (QED) is 0.489. The Kier molecular flexibility index (Phi) is 5.55. The molecule has 1 unspecified atom stereocenters. The topological polar surface area (TPSA) is 60.4 Å². The first-order valence-electron chi connectivity index (χ1n) is 12.2. The Balaban J connectivity index is 1.49. The summed E-state index contributed by atoms with van der Waals surface area (Å²) in [6, 6.07) is 11.6. The van der Waals surface area contributed by atoms with Gasteiger partial charge in [0.15, 0.2) is 11.6 Å². The van der Waals surface area contributed by atoms with E-state index in [1.165, 1.54) is 12.8 Å². The van der Waals surface area contributed by atoms with E-state index < -0.39 is 0 Å². The van der Waals surface area contributed by atoms with Crippen molar-refractivity contribution in [2.24, 2.45) is 11.3 Å². The summed E-state index contributed by atoms with van der Waals surface area (Å²) >= 11 is 0. The molecule has 1 atom stereocenters. The van der Waals surface area contributed by atoms with Crippen LogP contribution in [0.2, 0.25) is 0 Å². The summed E-state index contributed by atoms with van der Waals surface area (Å²) in [4.78, 5) is 27.0. The van der Waals surface area contributed by atoms with Gasteiger partial charge in [-0.15, -0.1) is 0 Å². The maximum atomic E-state index is 13.7. The van der Waals surface area contributed by atoms with Crippen molar-refractivity contribution in [3.05, 3.63) is 75.0 Å². The van der Waals surface area contributed by atoms with Gasteiger partial charge in [-0.2, -0.15) is 0 Å². The van der Waals surface area contributed by atoms with Gasteiger partial charge >= 0.3 is 0 Å². The lowest BCUT2D eigenvalue weighted by Gasteiger charge is -2.58. The molecule has 2 aliphatic carbocycles. The molecule has 5 rings (SSSR count). The van der Waals surface area contributed by atoms with Crippen LogP contribution in [0.3, 0.4) is 0 Å². The number of ketones is 2. The van der Waals surface area contributed by atoms with Crippen molar-refractivity contribution >= 4 is 11.6 Å². The standard InChI is InChI=1S/C28H32NO3/c1-3-20(28(4-2)16-29(32)17-28)14-18-12-13-22-24(15-18)27(31)25-21(19-8-5-6-9-19)10-7-11-23(25)26(22)30/h7,10-13,15,19-20H,3-6,8-9,14,16-17H2,1-2H3/q-1. The minimum atomic E-state index is -0.0287. The fourth-order valence-electron chi connectivity index (χ4n) is 6.48. The van der Waals surface area contributed by atoms with Gasteiger partial charge in [-0.25, -0.2) is 0 Å². The van der Waals surface area contributed by atoms with Crippen LogP contribution in [0.4, 0.5) is 0 Å². The number of nitrogens with zero attached hydrogens (tertiary/aromatic N) is 1. The zero-order valence-electron chi connectivity index (χ0n) is 19.2. The summed E-state index contributed by atoms with van der Waals surface area (Å²) < 4.78 is 0. The smallest absolute Gasteiger partial charge is 0.194 e. The first-order valence-corrected chi connectivity index (χ1v) is 12.2. The molecule has 1 saturated carbocycles. The Morgan fingerprint density at radius 1 is 1.00 bits per heavy atom. The molecule has 168 valence electrons. The third-order valence-electron chi connectivity index (χ3n) is 8.46.